The number of nitrogens with two attached hydrogens (primary N) is 1. The maximum atomic E-state index is 13.0. The van der Waals surface area contributed by atoms with Crippen LogP contribution in [0.3, 0.4) is 0 Å². The minimum Gasteiger partial charge on any atom is -0.445 e. The third-order valence-electron chi connectivity index (χ3n) is 6.22. The van der Waals surface area contributed by atoms with Crippen LogP contribution in [0.1, 0.15) is 56.0 Å². The molecule has 0 aliphatic heterocycles. The van der Waals surface area contributed by atoms with Crippen LogP contribution >= 0.6 is 11.3 Å². The van der Waals surface area contributed by atoms with Gasteiger partial charge in [0.15, 0.2) is 11.9 Å². The van der Waals surface area contributed by atoms with E-state index in [-0.39, 0.29) is 6.61 Å². The highest BCUT2D eigenvalue weighted by molar-refractivity contribution is 7.09. The Morgan fingerprint density at radius 3 is 2.29 bits per heavy atom. The molecule has 220 valence electrons. The van der Waals surface area contributed by atoms with Gasteiger partial charge in [-0.25, -0.2) is 9.59 Å². The summed E-state index contributed by atoms with van der Waals surface area (Å²) in [5.74, 6) is 0. The molecule has 0 bridgehead atoms. The highest BCUT2D eigenvalue weighted by atomic mass is 32.1. The number of amides is 2. The fraction of sp³-hybridized carbons (Fsp3) is 0.387. The standard InChI is InChI=1S/C31H40N4O5S/c1-30(2,3)40-29(38)34-31(23-36,17-7-8-18-33-28(37)39-22-25-10-5-4-6-11-25)35(21-27-12-9-19-41-27)20-24-13-15-26(32)16-14-24/h4-6,9-16,19,23H,7-8,17-18,20-22,32H2,1-3H3,(H,33,37)(H,34,38)/t31-/m1/s1. The van der Waals surface area contributed by atoms with Gasteiger partial charge in [0.25, 0.3) is 0 Å². The van der Waals surface area contributed by atoms with E-state index in [2.05, 4.69) is 10.6 Å². The highest BCUT2D eigenvalue weighted by Gasteiger charge is 2.39. The van der Waals surface area contributed by atoms with E-state index in [1.807, 2.05) is 77.0 Å². The molecule has 2 aromatic carbocycles. The van der Waals surface area contributed by atoms with E-state index in [0.717, 1.165) is 22.3 Å². The van der Waals surface area contributed by atoms with E-state index in [4.69, 9.17) is 15.2 Å². The Balaban J connectivity index is 1.71. The maximum absolute atomic E-state index is 13.0. The van der Waals surface area contributed by atoms with Crippen molar-refractivity contribution in [1.29, 1.82) is 0 Å². The Hall–Kier alpha value is -3.89. The third-order valence-corrected chi connectivity index (χ3v) is 7.08. The van der Waals surface area contributed by atoms with E-state index < -0.39 is 23.5 Å². The van der Waals surface area contributed by atoms with Crippen LogP contribution in [0.25, 0.3) is 0 Å². The molecule has 1 aromatic heterocycles. The Bertz CT molecular complexity index is 1230. The number of hydrogen-bond acceptors (Lipinski definition) is 8. The highest BCUT2D eigenvalue weighted by Crippen LogP contribution is 2.26. The Morgan fingerprint density at radius 1 is 0.927 bits per heavy atom. The molecule has 3 aromatic rings. The summed E-state index contributed by atoms with van der Waals surface area (Å²) in [6, 6.07) is 20.8. The summed E-state index contributed by atoms with van der Waals surface area (Å²) in [6.45, 7) is 6.68. The molecule has 0 aliphatic rings. The zero-order valence-electron chi connectivity index (χ0n) is 23.9. The Kier molecular flexibility index (Phi) is 11.7. The second kappa shape index (κ2) is 15.2. The zero-order valence-corrected chi connectivity index (χ0v) is 24.7. The predicted molar refractivity (Wildman–Crippen MR) is 161 cm³/mol. The lowest BCUT2D eigenvalue weighted by molar-refractivity contribution is -0.123. The number of thiophene rings is 1. The minimum absolute atomic E-state index is 0.184. The second-order valence-electron chi connectivity index (χ2n) is 10.8. The van der Waals surface area contributed by atoms with Crippen molar-refractivity contribution in [2.45, 2.75) is 71.0 Å². The topological polar surface area (TPSA) is 123 Å². The van der Waals surface area contributed by atoms with Gasteiger partial charge in [0.1, 0.15) is 12.2 Å². The first kappa shape index (κ1) is 31.6. The minimum atomic E-state index is -1.36. The first-order chi connectivity index (χ1) is 19.6. The summed E-state index contributed by atoms with van der Waals surface area (Å²) in [6.07, 6.45) is 1.00. The van der Waals surface area contributed by atoms with Crippen LogP contribution in [0, 0.1) is 0 Å². The number of nitrogens with one attached hydrogen (secondary N) is 2. The van der Waals surface area contributed by atoms with Gasteiger partial charge in [-0.15, -0.1) is 11.3 Å². The average Bonchev–Trinajstić information content (AvgIpc) is 3.45. The van der Waals surface area contributed by atoms with Gasteiger partial charge in [0, 0.05) is 30.2 Å². The number of carbonyl (C=O) groups excluding carboxylic acids is 3. The molecule has 0 unspecified atom stereocenters. The molecule has 0 aliphatic carbocycles. The van der Waals surface area contributed by atoms with Crippen molar-refractivity contribution < 1.29 is 23.9 Å². The number of alkyl carbamates (subject to hydrolysis) is 2. The largest absolute Gasteiger partial charge is 0.445 e. The first-order valence-electron chi connectivity index (χ1n) is 13.6. The molecule has 0 saturated carbocycles. The van der Waals surface area contributed by atoms with Gasteiger partial charge in [-0.2, -0.15) is 0 Å². The molecular weight excluding hydrogens is 540 g/mol. The van der Waals surface area contributed by atoms with Crippen molar-refractivity contribution in [2.24, 2.45) is 0 Å². The number of carbonyl (C=O) groups is 3. The van der Waals surface area contributed by atoms with Crippen molar-refractivity contribution in [3.8, 4) is 0 Å². The molecule has 41 heavy (non-hydrogen) atoms. The lowest BCUT2D eigenvalue weighted by Gasteiger charge is -2.41. The van der Waals surface area contributed by atoms with Gasteiger partial charge in [-0.1, -0.05) is 48.5 Å². The SMILES string of the molecule is CC(C)(C)OC(=O)N[C@](C=O)(CCCCNC(=O)OCc1ccccc1)N(Cc1ccc(N)cc1)Cc1cccs1. The molecule has 0 radical (unpaired) electrons. The van der Waals surface area contributed by atoms with E-state index in [9.17, 15) is 14.4 Å². The van der Waals surface area contributed by atoms with Gasteiger partial charge in [0.2, 0.25) is 0 Å². The zero-order chi connectivity index (χ0) is 29.7. The molecule has 0 saturated heterocycles. The van der Waals surface area contributed by atoms with E-state index >= 15 is 0 Å². The number of nitrogens with zero attached hydrogens (tertiary/aromatic N) is 1. The number of ether oxygens (including phenoxy) is 2. The van der Waals surface area contributed by atoms with Crippen LogP contribution in [0.15, 0.2) is 72.1 Å². The van der Waals surface area contributed by atoms with Gasteiger partial charge in [0.05, 0.1) is 0 Å². The lowest BCUT2D eigenvalue weighted by Crippen LogP contribution is -2.62. The average molecular weight is 581 g/mol. The fourth-order valence-corrected chi connectivity index (χ4v) is 4.92. The van der Waals surface area contributed by atoms with Crippen LogP contribution in [0.5, 0.6) is 0 Å². The summed E-state index contributed by atoms with van der Waals surface area (Å²) >= 11 is 1.57. The molecule has 1 heterocycles. The molecule has 0 fully saturated rings. The second-order valence-corrected chi connectivity index (χ2v) is 11.8. The molecule has 0 spiro atoms. The van der Waals surface area contributed by atoms with Crippen LogP contribution in [0.4, 0.5) is 15.3 Å². The number of hydrogen-bond donors (Lipinski definition) is 3. The number of unbranched alkanes of at least 4 members (excludes halogenated alkanes) is 1. The summed E-state index contributed by atoms with van der Waals surface area (Å²) in [5.41, 5.74) is 6.27. The quantitative estimate of drug-likeness (QED) is 0.0946. The summed E-state index contributed by atoms with van der Waals surface area (Å²) in [7, 11) is 0. The number of rotatable bonds is 14. The van der Waals surface area contributed by atoms with Gasteiger partial charge < -0.3 is 20.5 Å². The Labute approximate surface area is 246 Å². The molecule has 10 heteroatoms. The Morgan fingerprint density at radius 2 is 1.66 bits per heavy atom. The van der Waals surface area contributed by atoms with E-state index in [1.54, 1.807) is 32.1 Å². The molecule has 2 amide bonds. The van der Waals surface area contributed by atoms with Crippen molar-refractivity contribution in [3.05, 3.63) is 88.1 Å². The maximum Gasteiger partial charge on any atom is 0.409 e. The van der Waals surface area contributed by atoms with Crippen molar-refractivity contribution in [3.63, 3.8) is 0 Å². The number of anilines is 1. The summed E-state index contributed by atoms with van der Waals surface area (Å²) < 4.78 is 10.8. The van der Waals surface area contributed by atoms with Crippen molar-refractivity contribution >= 4 is 35.5 Å². The predicted octanol–water partition coefficient (Wildman–Crippen LogP) is 5.85. The first-order valence-corrected chi connectivity index (χ1v) is 14.5. The van der Waals surface area contributed by atoms with Gasteiger partial charge in [-0.3, -0.25) is 15.0 Å². The number of aldehydes is 1. The van der Waals surface area contributed by atoms with Crippen molar-refractivity contribution in [1.82, 2.24) is 15.5 Å². The summed E-state index contributed by atoms with van der Waals surface area (Å²) in [5, 5.41) is 7.61. The normalized spacial score (nSPS) is 12.8. The van der Waals surface area contributed by atoms with Crippen LogP contribution in [0.2, 0.25) is 0 Å². The molecular formula is C31H40N4O5S. The third kappa shape index (κ3) is 10.9. The number of benzene rings is 2. The fourth-order valence-electron chi connectivity index (χ4n) is 4.20. The molecule has 9 nitrogen and oxygen atoms in total. The summed E-state index contributed by atoms with van der Waals surface area (Å²) in [4.78, 5) is 41.0. The van der Waals surface area contributed by atoms with E-state index in [0.29, 0.717) is 44.6 Å². The monoisotopic (exact) mass is 580 g/mol. The van der Waals surface area contributed by atoms with E-state index in [1.165, 1.54) is 0 Å². The van der Waals surface area contributed by atoms with Gasteiger partial charge in [-0.05, 0) is 74.7 Å². The molecule has 4 N–H and O–H groups in total. The molecule has 3 rings (SSSR count). The smallest absolute Gasteiger partial charge is 0.409 e. The lowest BCUT2D eigenvalue weighted by atomic mass is 9.99. The van der Waals surface area contributed by atoms with Crippen LogP contribution in [-0.4, -0.2) is 41.2 Å². The van der Waals surface area contributed by atoms with Crippen LogP contribution in [-0.2, 0) is 34.0 Å². The van der Waals surface area contributed by atoms with Crippen LogP contribution < -0.4 is 16.4 Å². The number of nitrogen functional groups attached to an aromatic ring is 1. The van der Waals surface area contributed by atoms with Gasteiger partial charge >= 0.3 is 12.2 Å². The molecule has 1 atom stereocenters. The van der Waals surface area contributed by atoms with Crippen molar-refractivity contribution in [2.75, 3.05) is 12.3 Å².